The van der Waals surface area contributed by atoms with E-state index in [1.54, 1.807) is 0 Å². The minimum absolute atomic E-state index is 0.369. The smallest absolute Gasteiger partial charge is 0.133 e. The third kappa shape index (κ3) is 2.73. The third-order valence-electron chi connectivity index (χ3n) is 6.66. The second kappa shape index (κ2) is 7.05. The molecule has 0 amide bonds. The van der Waals surface area contributed by atoms with Gasteiger partial charge in [0.2, 0.25) is 0 Å². The van der Waals surface area contributed by atoms with Crippen molar-refractivity contribution in [3.05, 3.63) is 104 Å². The van der Waals surface area contributed by atoms with Crippen molar-refractivity contribution in [3.63, 3.8) is 0 Å². The molecule has 148 valence electrons. The largest absolute Gasteiger partial charge is 0.365 e. The van der Waals surface area contributed by atoms with Crippen molar-refractivity contribution in [1.82, 2.24) is 0 Å². The molecule has 0 unspecified atom stereocenters. The van der Waals surface area contributed by atoms with Crippen LogP contribution < -0.4 is 0 Å². The molecular formula is C25H22Br2O2. The lowest BCUT2D eigenvalue weighted by atomic mass is 9.67. The number of allylic oxidation sites excluding steroid dienone is 2. The van der Waals surface area contributed by atoms with Gasteiger partial charge < -0.3 is 9.47 Å². The fourth-order valence-corrected chi connectivity index (χ4v) is 5.91. The Bertz CT molecular complexity index is 954. The normalized spacial score (nSPS) is 32.1. The summed E-state index contributed by atoms with van der Waals surface area (Å²) < 4.78 is 14.7. The molecule has 0 heterocycles. The quantitative estimate of drug-likeness (QED) is 0.425. The van der Waals surface area contributed by atoms with Crippen LogP contribution in [0, 0.1) is 11.8 Å². The maximum absolute atomic E-state index is 6.31. The predicted molar refractivity (Wildman–Crippen MR) is 123 cm³/mol. The lowest BCUT2D eigenvalue weighted by molar-refractivity contribution is 0.0221. The Morgan fingerprint density at radius 2 is 1.07 bits per heavy atom. The van der Waals surface area contributed by atoms with E-state index < -0.39 is 11.2 Å². The topological polar surface area (TPSA) is 18.5 Å². The zero-order chi connectivity index (χ0) is 20.2. The molecule has 29 heavy (non-hydrogen) atoms. The molecule has 0 spiro atoms. The van der Waals surface area contributed by atoms with Crippen LogP contribution in [0.5, 0.6) is 0 Å². The van der Waals surface area contributed by atoms with Gasteiger partial charge >= 0.3 is 0 Å². The summed E-state index contributed by atoms with van der Waals surface area (Å²) in [6.07, 6.45) is 10.2. The molecular weight excluding hydrogens is 492 g/mol. The molecule has 0 saturated heterocycles. The Kier molecular flexibility index (Phi) is 4.74. The number of halogens is 2. The minimum Gasteiger partial charge on any atom is -0.365 e. The molecule has 3 aliphatic carbocycles. The number of methoxy groups -OCH3 is 2. The van der Waals surface area contributed by atoms with Crippen molar-refractivity contribution < 1.29 is 9.47 Å². The van der Waals surface area contributed by atoms with Gasteiger partial charge in [-0.2, -0.15) is 0 Å². The summed E-state index contributed by atoms with van der Waals surface area (Å²) in [6, 6.07) is 16.9. The molecule has 0 N–H and O–H groups in total. The Morgan fingerprint density at radius 3 is 1.41 bits per heavy atom. The Balaban J connectivity index is 1.75. The first kappa shape index (κ1) is 19.5. The summed E-state index contributed by atoms with van der Waals surface area (Å²) in [7, 11) is 3.62. The molecule has 4 heteroatoms. The van der Waals surface area contributed by atoms with Crippen LogP contribution in [0.4, 0.5) is 0 Å². The van der Waals surface area contributed by atoms with E-state index in [0.29, 0.717) is 11.8 Å². The number of hydrogen-bond acceptors (Lipinski definition) is 2. The van der Waals surface area contributed by atoms with Crippen LogP contribution >= 0.6 is 31.9 Å². The first-order chi connectivity index (χ1) is 14.0. The van der Waals surface area contributed by atoms with Crippen molar-refractivity contribution in [2.24, 2.45) is 11.8 Å². The van der Waals surface area contributed by atoms with Gasteiger partial charge in [0.05, 0.1) is 0 Å². The van der Waals surface area contributed by atoms with Gasteiger partial charge in [0.1, 0.15) is 11.2 Å². The van der Waals surface area contributed by atoms with E-state index >= 15 is 0 Å². The Hall–Kier alpha value is -1.46. The molecule has 4 atom stereocenters. The molecule has 5 rings (SSSR count). The van der Waals surface area contributed by atoms with Crippen LogP contribution in [0.3, 0.4) is 0 Å². The molecule has 0 aliphatic heterocycles. The van der Waals surface area contributed by atoms with Crippen LogP contribution in [0.25, 0.3) is 0 Å². The summed E-state index contributed by atoms with van der Waals surface area (Å²) in [5.74, 6) is 0.738. The number of benzene rings is 2. The van der Waals surface area contributed by atoms with Gasteiger partial charge in [-0.05, 0) is 65.1 Å². The van der Waals surface area contributed by atoms with Crippen molar-refractivity contribution in [1.29, 1.82) is 0 Å². The molecule has 2 nitrogen and oxygen atoms in total. The van der Waals surface area contributed by atoms with Gasteiger partial charge in [-0.1, -0.05) is 68.3 Å². The number of rotatable bonds is 4. The van der Waals surface area contributed by atoms with Gasteiger partial charge in [0.15, 0.2) is 0 Å². The standard InChI is InChI=1S/C25H22Br2O2/c1-28-24(18-5-9-20(26)10-6-18)13-14-25(29-2,19-7-11-21(27)12-8-19)23-17-4-3-16(15-17)22(23)24/h3-14,16-17H,15H2,1-2H3/t16-,17+,24-,25+. The van der Waals surface area contributed by atoms with E-state index in [1.807, 2.05) is 14.2 Å². The molecule has 0 fully saturated rings. The first-order valence-electron chi connectivity index (χ1n) is 9.80. The zero-order valence-corrected chi connectivity index (χ0v) is 19.5. The monoisotopic (exact) mass is 512 g/mol. The van der Waals surface area contributed by atoms with Gasteiger partial charge in [-0.25, -0.2) is 0 Å². The van der Waals surface area contributed by atoms with Crippen molar-refractivity contribution in [2.75, 3.05) is 14.2 Å². The summed E-state index contributed by atoms with van der Waals surface area (Å²) >= 11 is 7.12. The fraction of sp³-hybridized carbons (Fsp3) is 0.280. The zero-order valence-electron chi connectivity index (χ0n) is 16.4. The van der Waals surface area contributed by atoms with E-state index in [-0.39, 0.29) is 0 Å². The van der Waals surface area contributed by atoms with Crippen LogP contribution in [0.1, 0.15) is 17.5 Å². The molecule has 2 aromatic carbocycles. The Labute approximate surface area is 188 Å². The number of fused-ring (bicyclic) bond motifs is 4. The second-order valence-corrected chi connectivity index (χ2v) is 9.72. The summed E-state index contributed by atoms with van der Waals surface area (Å²) in [4.78, 5) is 0. The van der Waals surface area contributed by atoms with E-state index in [9.17, 15) is 0 Å². The second-order valence-electron chi connectivity index (χ2n) is 7.89. The lowest BCUT2D eigenvalue weighted by Crippen LogP contribution is -2.42. The highest BCUT2D eigenvalue weighted by atomic mass is 79.9. The SMILES string of the molecule is CO[C@@]1(c2ccc(Br)cc2)C=C[C@](OC)(c2ccc(Br)cc2)C2=C1[C@@H]1C=C[C@H]2C1. The van der Waals surface area contributed by atoms with Gasteiger partial charge in [-0.3, -0.25) is 0 Å². The maximum Gasteiger partial charge on any atom is 0.133 e. The molecule has 0 saturated carbocycles. The number of ether oxygens (including phenoxy) is 2. The maximum atomic E-state index is 6.31. The summed E-state index contributed by atoms with van der Waals surface area (Å²) in [5, 5.41) is 0. The summed E-state index contributed by atoms with van der Waals surface area (Å²) in [5.41, 5.74) is 3.82. The van der Waals surface area contributed by atoms with E-state index in [1.165, 1.54) is 11.1 Å². The van der Waals surface area contributed by atoms with Crippen LogP contribution in [0.15, 0.2) is 92.9 Å². The van der Waals surface area contributed by atoms with E-state index in [0.717, 1.165) is 26.5 Å². The fourth-order valence-electron chi connectivity index (χ4n) is 5.38. The highest BCUT2D eigenvalue weighted by Crippen LogP contribution is 2.61. The van der Waals surface area contributed by atoms with Gasteiger partial charge in [0, 0.05) is 35.0 Å². The average Bonchev–Trinajstić information content (AvgIpc) is 3.37. The average molecular weight is 514 g/mol. The highest BCUT2D eigenvalue weighted by molar-refractivity contribution is 9.10. The van der Waals surface area contributed by atoms with Crippen molar-refractivity contribution in [3.8, 4) is 0 Å². The van der Waals surface area contributed by atoms with Crippen LogP contribution in [-0.2, 0) is 20.7 Å². The third-order valence-corrected chi connectivity index (χ3v) is 7.72. The van der Waals surface area contributed by atoms with Gasteiger partial charge in [0.25, 0.3) is 0 Å². The number of hydrogen-bond donors (Lipinski definition) is 0. The van der Waals surface area contributed by atoms with Crippen molar-refractivity contribution >= 4 is 31.9 Å². The predicted octanol–water partition coefficient (Wildman–Crippen LogP) is 6.67. The van der Waals surface area contributed by atoms with Crippen LogP contribution in [-0.4, -0.2) is 14.2 Å². The van der Waals surface area contributed by atoms with E-state index in [2.05, 4.69) is 105 Å². The molecule has 2 aromatic rings. The molecule has 0 radical (unpaired) electrons. The minimum atomic E-state index is -0.572. The summed E-state index contributed by atoms with van der Waals surface area (Å²) in [6.45, 7) is 0. The molecule has 3 aliphatic rings. The first-order valence-corrected chi connectivity index (χ1v) is 11.4. The van der Waals surface area contributed by atoms with Gasteiger partial charge in [-0.15, -0.1) is 0 Å². The lowest BCUT2D eigenvalue weighted by Gasteiger charge is -2.45. The highest BCUT2D eigenvalue weighted by Gasteiger charge is 2.55. The molecule has 0 aromatic heterocycles. The van der Waals surface area contributed by atoms with Crippen molar-refractivity contribution in [2.45, 2.75) is 17.6 Å². The Morgan fingerprint density at radius 1 is 0.690 bits per heavy atom. The van der Waals surface area contributed by atoms with Crippen LogP contribution in [0.2, 0.25) is 0 Å². The van der Waals surface area contributed by atoms with E-state index in [4.69, 9.17) is 9.47 Å². The molecule has 2 bridgehead atoms.